The molecule has 0 unspecified atom stereocenters. The molecule has 25 heavy (non-hydrogen) atoms. The van der Waals surface area contributed by atoms with E-state index in [0.29, 0.717) is 18.4 Å². The second-order valence-electron chi connectivity index (χ2n) is 6.49. The lowest BCUT2D eigenvalue weighted by Gasteiger charge is -2.31. The zero-order valence-electron chi connectivity index (χ0n) is 14.9. The predicted octanol–water partition coefficient (Wildman–Crippen LogP) is 3.26. The molecule has 0 aliphatic carbocycles. The van der Waals surface area contributed by atoms with Crippen LogP contribution in [0.25, 0.3) is 0 Å². The van der Waals surface area contributed by atoms with Gasteiger partial charge in [-0.05, 0) is 56.2 Å². The van der Waals surface area contributed by atoms with Crippen molar-refractivity contribution < 1.29 is 14.1 Å². The van der Waals surface area contributed by atoms with E-state index >= 15 is 0 Å². The number of aryl methyl sites for hydroxylation is 2. The maximum absolute atomic E-state index is 12.3. The van der Waals surface area contributed by atoms with Gasteiger partial charge in [0.2, 0.25) is 5.89 Å². The monoisotopic (exact) mass is 343 g/mol. The van der Waals surface area contributed by atoms with Crippen LogP contribution in [0.1, 0.15) is 48.3 Å². The molecule has 1 aliphatic rings. The van der Waals surface area contributed by atoms with E-state index in [1.807, 2.05) is 24.0 Å². The fourth-order valence-electron chi connectivity index (χ4n) is 3.24. The number of hydrogen-bond acceptors (Lipinski definition) is 5. The van der Waals surface area contributed by atoms with Crippen LogP contribution in [0.2, 0.25) is 0 Å². The second-order valence-corrected chi connectivity index (χ2v) is 6.49. The molecule has 1 fully saturated rings. The molecule has 1 saturated heterocycles. The highest BCUT2D eigenvalue weighted by molar-refractivity contribution is 5.90. The molecule has 0 spiro atoms. The molecule has 0 bridgehead atoms. The Balaban J connectivity index is 1.44. The van der Waals surface area contributed by atoms with Crippen LogP contribution in [0.3, 0.4) is 0 Å². The quantitative estimate of drug-likeness (QED) is 0.805. The number of likely N-dealkylation sites (tertiary alicyclic amines) is 1. The van der Waals surface area contributed by atoms with Gasteiger partial charge in [-0.3, -0.25) is 4.79 Å². The summed E-state index contributed by atoms with van der Waals surface area (Å²) in [4.78, 5) is 18.2. The van der Waals surface area contributed by atoms with E-state index in [2.05, 4.69) is 22.3 Å². The van der Waals surface area contributed by atoms with Gasteiger partial charge in [-0.25, -0.2) is 0 Å². The minimum Gasteiger partial charge on any atom is -0.494 e. The van der Waals surface area contributed by atoms with E-state index in [4.69, 9.17) is 9.26 Å². The Kier molecular flexibility index (Phi) is 5.68. The lowest BCUT2D eigenvalue weighted by molar-refractivity contribution is 0.0671. The Morgan fingerprint density at radius 3 is 2.60 bits per heavy atom. The average molecular weight is 343 g/mol. The van der Waals surface area contributed by atoms with Crippen molar-refractivity contribution in [2.45, 2.75) is 39.5 Å². The highest BCUT2D eigenvalue weighted by atomic mass is 16.5. The molecule has 134 valence electrons. The lowest BCUT2D eigenvalue weighted by atomic mass is 9.90. The van der Waals surface area contributed by atoms with Gasteiger partial charge in [0.05, 0.1) is 6.61 Å². The molecule has 3 rings (SSSR count). The van der Waals surface area contributed by atoms with Crippen LogP contribution in [0, 0.1) is 12.8 Å². The number of ether oxygens (including phenoxy) is 1. The Morgan fingerprint density at radius 2 is 2.00 bits per heavy atom. The Hall–Kier alpha value is -2.37. The number of carbonyl (C=O) groups excluding carboxylic acids is 1. The second kappa shape index (κ2) is 8.14. The van der Waals surface area contributed by atoms with Crippen molar-refractivity contribution in [3.63, 3.8) is 0 Å². The molecule has 0 saturated carbocycles. The number of nitrogens with zero attached hydrogens (tertiary/aromatic N) is 3. The van der Waals surface area contributed by atoms with E-state index in [9.17, 15) is 4.79 Å². The van der Waals surface area contributed by atoms with Crippen LogP contribution < -0.4 is 4.74 Å². The van der Waals surface area contributed by atoms with Crippen molar-refractivity contribution in [3.8, 4) is 5.75 Å². The summed E-state index contributed by atoms with van der Waals surface area (Å²) in [6, 6.07) is 8.35. The molecule has 1 aliphatic heterocycles. The fourth-order valence-corrected chi connectivity index (χ4v) is 3.24. The molecular weight excluding hydrogens is 318 g/mol. The van der Waals surface area contributed by atoms with Crippen LogP contribution in [0.4, 0.5) is 0 Å². The van der Waals surface area contributed by atoms with Gasteiger partial charge in [-0.15, -0.1) is 0 Å². The Morgan fingerprint density at radius 1 is 1.28 bits per heavy atom. The highest BCUT2D eigenvalue weighted by Crippen LogP contribution is 2.24. The summed E-state index contributed by atoms with van der Waals surface area (Å²) in [5, 5.41) is 3.72. The molecule has 1 aromatic carbocycles. The molecule has 1 aromatic heterocycles. The molecular formula is C19H25N3O3. The van der Waals surface area contributed by atoms with Crippen molar-refractivity contribution in [2.75, 3.05) is 19.7 Å². The van der Waals surface area contributed by atoms with Crippen molar-refractivity contribution in [2.24, 2.45) is 5.92 Å². The maximum Gasteiger partial charge on any atom is 0.295 e. The Bertz CT molecular complexity index is 688. The molecule has 0 radical (unpaired) electrons. The summed E-state index contributed by atoms with van der Waals surface area (Å²) < 4.78 is 10.4. The molecule has 1 amide bonds. The predicted molar refractivity (Wildman–Crippen MR) is 93.6 cm³/mol. The maximum atomic E-state index is 12.3. The molecule has 6 nitrogen and oxygen atoms in total. The number of amides is 1. The van der Waals surface area contributed by atoms with Gasteiger partial charge in [-0.1, -0.05) is 17.3 Å². The number of aromatic nitrogens is 2. The number of piperidine rings is 1. The highest BCUT2D eigenvalue weighted by Gasteiger charge is 2.26. The molecule has 0 N–H and O–H groups in total. The van der Waals surface area contributed by atoms with Gasteiger partial charge >= 0.3 is 0 Å². The fraction of sp³-hybridized carbons (Fsp3) is 0.526. The summed E-state index contributed by atoms with van der Waals surface area (Å²) in [6.45, 7) is 5.91. The first kappa shape index (κ1) is 17.5. The first-order valence-corrected chi connectivity index (χ1v) is 8.97. The van der Waals surface area contributed by atoms with Gasteiger partial charge in [0.1, 0.15) is 5.75 Å². The smallest absolute Gasteiger partial charge is 0.295 e. The molecule has 0 atom stereocenters. The third-order valence-corrected chi connectivity index (χ3v) is 4.70. The van der Waals surface area contributed by atoms with Crippen LogP contribution in [0.5, 0.6) is 5.75 Å². The standard InChI is InChI=1S/C19H25N3O3/c1-3-24-17-8-6-15(7-9-17)4-5-16-10-12-22(13-11-16)19(23)18-20-14(2)25-21-18/h6-9,16H,3-5,10-13H2,1-2H3. The number of carbonyl (C=O) groups is 1. The summed E-state index contributed by atoms with van der Waals surface area (Å²) >= 11 is 0. The molecule has 2 aromatic rings. The van der Waals surface area contributed by atoms with Crippen LogP contribution in [-0.4, -0.2) is 40.6 Å². The van der Waals surface area contributed by atoms with Crippen LogP contribution in [0.15, 0.2) is 28.8 Å². The van der Waals surface area contributed by atoms with Crippen molar-refractivity contribution in [1.82, 2.24) is 15.0 Å². The normalized spacial score (nSPS) is 15.4. The zero-order chi connectivity index (χ0) is 17.6. The average Bonchev–Trinajstić information content (AvgIpc) is 3.08. The summed E-state index contributed by atoms with van der Waals surface area (Å²) in [5.41, 5.74) is 1.34. The number of benzene rings is 1. The van der Waals surface area contributed by atoms with E-state index in [0.717, 1.165) is 44.5 Å². The van der Waals surface area contributed by atoms with E-state index in [1.165, 1.54) is 5.56 Å². The lowest BCUT2D eigenvalue weighted by Crippen LogP contribution is -2.39. The van der Waals surface area contributed by atoms with Crippen molar-refractivity contribution >= 4 is 5.91 Å². The van der Waals surface area contributed by atoms with Gasteiger partial charge in [0, 0.05) is 20.0 Å². The number of hydrogen-bond donors (Lipinski definition) is 0. The van der Waals surface area contributed by atoms with Crippen LogP contribution in [-0.2, 0) is 6.42 Å². The largest absolute Gasteiger partial charge is 0.494 e. The van der Waals surface area contributed by atoms with E-state index < -0.39 is 0 Å². The van der Waals surface area contributed by atoms with Gasteiger partial charge < -0.3 is 14.2 Å². The molecule has 6 heteroatoms. The van der Waals surface area contributed by atoms with E-state index in [-0.39, 0.29) is 11.7 Å². The van der Waals surface area contributed by atoms with Crippen LogP contribution >= 0.6 is 0 Å². The van der Waals surface area contributed by atoms with Gasteiger partial charge in [0.15, 0.2) is 0 Å². The first-order chi connectivity index (χ1) is 12.2. The zero-order valence-corrected chi connectivity index (χ0v) is 14.9. The SMILES string of the molecule is CCOc1ccc(CCC2CCN(C(=O)c3noc(C)n3)CC2)cc1. The van der Waals surface area contributed by atoms with Gasteiger partial charge in [0.25, 0.3) is 11.7 Å². The van der Waals surface area contributed by atoms with Crippen molar-refractivity contribution in [3.05, 3.63) is 41.5 Å². The third-order valence-electron chi connectivity index (χ3n) is 4.70. The van der Waals surface area contributed by atoms with Crippen molar-refractivity contribution in [1.29, 1.82) is 0 Å². The minimum atomic E-state index is -0.123. The third kappa shape index (κ3) is 4.59. The summed E-state index contributed by atoms with van der Waals surface area (Å²) in [5.74, 6) is 2.05. The Labute approximate surface area is 148 Å². The summed E-state index contributed by atoms with van der Waals surface area (Å²) in [6.07, 6.45) is 4.27. The summed E-state index contributed by atoms with van der Waals surface area (Å²) in [7, 11) is 0. The molecule has 2 heterocycles. The van der Waals surface area contributed by atoms with Gasteiger partial charge in [-0.2, -0.15) is 4.98 Å². The van der Waals surface area contributed by atoms with E-state index in [1.54, 1.807) is 6.92 Å². The minimum absolute atomic E-state index is 0.123. The topological polar surface area (TPSA) is 68.5 Å². The first-order valence-electron chi connectivity index (χ1n) is 8.97. The number of rotatable bonds is 6.